The van der Waals surface area contributed by atoms with Gasteiger partial charge in [-0.1, -0.05) is 18.2 Å². The summed E-state index contributed by atoms with van der Waals surface area (Å²) in [5.41, 5.74) is 1.20. The van der Waals surface area contributed by atoms with E-state index in [2.05, 4.69) is 5.32 Å². The van der Waals surface area contributed by atoms with Gasteiger partial charge in [-0.05, 0) is 36.8 Å². The summed E-state index contributed by atoms with van der Waals surface area (Å²) >= 11 is 1.48. The second-order valence-corrected chi connectivity index (χ2v) is 7.00. The average Bonchev–Trinajstić information content (AvgIpc) is 3.30. The first kappa shape index (κ1) is 17.6. The van der Waals surface area contributed by atoms with E-state index in [1.165, 1.54) is 17.4 Å². The number of benzene rings is 1. The lowest BCUT2D eigenvalue weighted by atomic mass is 10.1. The number of halogens is 1. The van der Waals surface area contributed by atoms with Crippen molar-refractivity contribution in [1.29, 1.82) is 0 Å². The molecule has 1 aromatic carbocycles. The van der Waals surface area contributed by atoms with E-state index in [9.17, 15) is 14.0 Å². The minimum absolute atomic E-state index is 0.0236. The van der Waals surface area contributed by atoms with E-state index in [4.69, 9.17) is 0 Å². The Hall–Kier alpha value is -2.21. The average molecular weight is 360 g/mol. The molecule has 1 heterocycles. The van der Waals surface area contributed by atoms with Crippen LogP contribution in [0.2, 0.25) is 0 Å². The van der Waals surface area contributed by atoms with Crippen molar-refractivity contribution in [2.24, 2.45) is 0 Å². The zero-order chi connectivity index (χ0) is 17.6. The molecule has 1 fully saturated rings. The molecule has 1 aliphatic carbocycles. The molecule has 1 aromatic heterocycles. The van der Waals surface area contributed by atoms with Gasteiger partial charge in [0.15, 0.2) is 0 Å². The lowest BCUT2D eigenvalue weighted by Gasteiger charge is -2.23. The zero-order valence-electron chi connectivity index (χ0n) is 13.9. The third kappa shape index (κ3) is 4.89. The van der Waals surface area contributed by atoms with Crippen LogP contribution in [-0.2, 0) is 11.3 Å². The van der Waals surface area contributed by atoms with Gasteiger partial charge in [0.1, 0.15) is 5.82 Å². The molecule has 2 amide bonds. The number of carbonyl (C=O) groups excluding carboxylic acids is 2. The first-order valence-corrected chi connectivity index (χ1v) is 9.42. The Balaban J connectivity index is 1.47. The van der Waals surface area contributed by atoms with Crippen LogP contribution in [0.4, 0.5) is 4.39 Å². The molecule has 25 heavy (non-hydrogen) atoms. The van der Waals surface area contributed by atoms with Crippen molar-refractivity contribution in [2.75, 3.05) is 6.54 Å². The van der Waals surface area contributed by atoms with Crippen molar-refractivity contribution < 1.29 is 14.0 Å². The van der Waals surface area contributed by atoms with Gasteiger partial charge >= 0.3 is 0 Å². The molecule has 1 saturated carbocycles. The van der Waals surface area contributed by atoms with Crippen LogP contribution in [0.3, 0.4) is 0 Å². The Bertz CT molecular complexity index is 729. The molecule has 0 bridgehead atoms. The minimum atomic E-state index is -0.274. The van der Waals surface area contributed by atoms with E-state index >= 15 is 0 Å². The third-order valence-corrected chi connectivity index (χ3v) is 4.93. The van der Waals surface area contributed by atoms with Crippen LogP contribution in [0.5, 0.6) is 0 Å². The fourth-order valence-corrected chi connectivity index (χ4v) is 3.33. The van der Waals surface area contributed by atoms with E-state index in [-0.39, 0.29) is 23.7 Å². The van der Waals surface area contributed by atoms with Gasteiger partial charge in [0, 0.05) is 42.1 Å². The van der Waals surface area contributed by atoms with E-state index in [0.29, 0.717) is 37.1 Å². The quantitative estimate of drug-likeness (QED) is 0.732. The second kappa shape index (κ2) is 8.25. The van der Waals surface area contributed by atoms with Gasteiger partial charge in [-0.25, -0.2) is 4.39 Å². The van der Waals surface area contributed by atoms with Crippen LogP contribution in [0.25, 0.3) is 0 Å². The van der Waals surface area contributed by atoms with Crippen molar-refractivity contribution in [2.45, 2.75) is 38.3 Å². The number of carbonyl (C=O) groups is 2. The summed E-state index contributed by atoms with van der Waals surface area (Å²) in [5.74, 6) is -0.362. The van der Waals surface area contributed by atoms with Gasteiger partial charge in [0.05, 0.1) is 0 Å². The Morgan fingerprint density at radius 2 is 2.04 bits per heavy atom. The summed E-state index contributed by atoms with van der Waals surface area (Å²) in [6.45, 7) is 0.774. The number of amides is 2. The minimum Gasteiger partial charge on any atom is -0.352 e. The van der Waals surface area contributed by atoms with Crippen molar-refractivity contribution in [3.8, 4) is 0 Å². The number of rotatable bonds is 8. The van der Waals surface area contributed by atoms with E-state index < -0.39 is 0 Å². The summed E-state index contributed by atoms with van der Waals surface area (Å²) in [6.07, 6.45) is 2.90. The highest BCUT2D eigenvalue weighted by atomic mass is 32.1. The molecule has 1 aliphatic rings. The number of nitrogens with zero attached hydrogens (tertiary/aromatic N) is 1. The third-order valence-electron chi connectivity index (χ3n) is 4.24. The van der Waals surface area contributed by atoms with Crippen molar-refractivity contribution in [3.63, 3.8) is 0 Å². The molecule has 0 aliphatic heterocycles. The number of thiophene rings is 1. The van der Waals surface area contributed by atoms with Crippen LogP contribution in [0.1, 0.15) is 41.6 Å². The Morgan fingerprint density at radius 3 is 2.72 bits per heavy atom. The first-order chi connectivity index (χ1) is 12.1. The predicted molar refractivity (Wildman–Crippen MR) is 95.9 cm³/mol. The molecule has 6 heteroatoms. The molecule has 0 saturated heterocycles. The Morgan fingerprint density at radius 1 is 1.24 bits per heavy atom. The largest absolute Gasteiger partial charge is 0.352 e. The highest BCUT2D eigenvalue weighted by Gasteiger charge is 2.32. The van der Waals surface area contributed by atoms with Crippen LogP contribution in [0, 0.1) is 5.82 Å². The summed E-state index contributed by atoms with van der Waals surface area (Å²) in [6, 6.07) is 8.58. The van der Waals surface area contributed by atoms with E-state index in [1.54, 1.807) is 34.5 Å². The van der Waals surface area contributed by atoms with Gasteiger partial charge in [0.25, 0.3) is 5.91 Å². The molecule has 132 valence electrons. The van der Waals surface area contributed by atoms with Crippen LogP contribution in [-0.4, -0.2) is 29.3 Å². The highest BCUT2D eigenvalue weighted by molar-refractivity contribution is 7.08. The zero-order valence-corrected chi connectivity index (χ0v) is 14.7. The molecule has 3 rings (SSSR count). The lowest BCUT2D eigenvalue weighted by molar-refractivity contribution is -0.132. The standard InChI is InChI=1S/C19H21FN2O2S/c20-17-5-2-1-4-14(17)12-22(16-7-8-16)18(23)6-3-10-21-19(24)15-9-11-25-13-15/h1-2,4-5,9,11,13,16H,3,6-8,10,12H2,(H,21,24). The fourth-order valence-electron chi connectivity index (χ4n) is 2.70. The van der Waals surface area contributed by atoms with Gasteiger partial charge in [0.2, 0.25) is 5.91 Å². The molecular formula is C19H21FN2O2S. The van der Waals surface area contributed by atoms with Crippen molar-refractivity contribution >= 4 is 23.2 Å². The van der Waals surface area contributed by atoms with Crippen LogP contribution >= 0.6 is 11.3 Å². The predicted octanol–water partition coefficient (Wildman–Crippen LogP) is 3.59. The molecular weight excluding hydrogens is 339 g/mol. The van der Waals surface area contributed by atoms with Gasteiger partial charge in [-0.15, -0.1) is 0 Å². The summed E-state index contributed by atoms with van der Waals surface area (Å²) in [5, 5.41) is 6.47. The monoisotopic (exact) mass is 360 g/mol. The second-order valence-electron chi connectivity index (χ2n) is 6.22. The normalized spacial score (nSPS) is 13.5. The molecule has 0 radical (unpaired) electrons. The van der Waals surface area contributed by atoms with Gasteiger partial charge in [-0.3, -0.25) is 9.59 Å². The molecule has 0 atom stereocenters. The molecule has 0 unspecified atom stereocenters. The van der Waals surface area contributed by atoms with Gasteiger partial charge < -0.3 is 10.2 Å². The topological polar surface area (TPSA) is 49.4 Å². The highest BCUT2D eigenvalue weighted by Crippen LogP contribution is 2.29. The summed E-state index contributed by atoms with van der Waals surface area (Å²) in [4.78, 5) is 26.1. The first-order valence-electron chi connectivity index (χ1n) is 8.48. The van der Waals surface area contributed by atoms with E-state index in [0.717, 1.165) is 12.8 Å². The molecule has 4 nitrogen and oxygen atoms in total. The van der Waals surface area contributed by atoms with Crippen LogP contribution < -0.4 is 5.32 Å². The maximum atomic E-state index is 13.8. The van der Waals surface area contributed by atoms with Crippen molar-refractivity contribution in [3.05, 3.63) is 58.0 Å². The maximum absolute atomic E-state index is 13.8. The number of hydrogen-bond donors (Lipinski definition) is 1. The van der Waals surface area contributed by atoms with Crippen LogP contribution in [0.15, 0.2) is 41.1 Å². The fraction of sp³-hybridized carbons (Fsp3) is 0.368. The van der Waals surface area contributed by atoms with Gasteiger partial charge in [-0.2, -0.15) is 11.3 Å². The van der Waals surface area contributed by atoms with E-state index in [1.807, 2.05) is 5.38 Å². The number of nitrogens with one attached hydrogen (secondary N) is 1. The molecule has 2 aromatic rings. The smallest absolute Gasteiger partial charge is 0.252 e. The number of hydrogen-bond acceptors (Lipinski definition) is 3. The van der Waals surface area contributed by atoms with Crippen molar-refractivity contribution in [1.82, 2.24) is 10.2 Å². The lowest BCUT2D eigenvalue weighted by Crippen LogP contribution is -2.33. The molecule has 1 N–H and O–H groups in total. The molecule has 0 spiro atoms. The summed E-state index contributed by atoms with van der Waals surface area (Å²) < 4.78 is 13.8. The maximum Gasteiger partial charge on any atom is 0.252 e. The Labute approximate surface area is 150 Å². The summed E-state index contributed by atoms with van der Waals surface area (Å²) in [7, 11) is 0. The SMILES string of the molecule is O=C(NCCCC(=O)N(Cc1ccccc1F)C1CC1)c1ccsc1. The Kier molecular flexibility index (Phi) is 5.81.